The van der Waals surface area contributed by atoms with Gasteiger partial charge in [-0.2, -0.15) is 0 Å². The normalized spacial score (nSPS) is 22.1. The van der Waals surface area contributed by atoms with Crippen LogP contribution in [-0.2, 0) is 6.54 Å². The van der Waals surface area contributed by atoms with Gasteiger partial charge in [-0.15, -0.1) is 0 Å². The lowest BCUT2D eigenvalue weighted by Crippen LogP contribution is -2.43. The van der Waals surface area contributed by atoms with Gasteiger partial charge >= 0.3 is 0 Å². The molecule has 1 unspecified atom stereocenters. The monoisotopic (exact) mass is 208 g/mol. The van der Waals surface area contributed by atoms with Gasteiger partial charge in [-0.1, -0.05) is 0 Å². The van der Waals surface area contributed by atoms with Gasteiger partial charge < -0.3 is 15.2 Å². The van der Waals surface area contributed by atoms with E-state index in [1.807, 2.05) is 6.92 Å². The zero-order valence-electron chi connectivity index (χ0n) is 9.61. The summed E-state index contributed by atoms with van der Waals surface area (Å²) in [5.74, 6) is 1.09. The maximum Gasteiger partial charge on any atom is 0.205 e. The number of hydrogen-bond acceptors (Lipinski definition) is 3. The molecule has 0 saturated carbocycles. The van der Waals surface area contributed by atoms with E-state index in [1.54, 1.807) is 0 Å². The Morgan fingerprint density at radius 2 is 2.40 bits per heavy atom. The Hall–Kier alpha value is -1.03. The minimum absolute atomic E-state index is 0.307. The Morgan fingerprint density at radius 3 is 3.07 bits per heavy atom. The molecule has 0 radical (unpaired) electrons. The van der Waals surface area contributed by atoms with Crippen LogP contribution in [0.2, 0.25) is 0 Å². The summed E-state index contributed by atoms with van der Waals surface area (Å²) in [5, 5.41) is 0. The van der Waals surface area contributed by atoms with Gasteiger partial charge in [0.15, 0.2) is 0 Å². The summed E-state index contributed by atoms with van der Waals surface area (Å²) < 4.78 is 2.20. The van der Waals surface area contributed by atoms with Crippen LogP contribution in [0.4, 0.5) is 5.95 Å². The first-order chi connectivity index (χ1) is 7.20. The van der Waals surface area contributed by atoms with Crippen molar-refractivity contribution in [3.8, 4) is 0 Å². The molecular formula is C11H20N4. The van der Waals surface area contributed by atoms with Crippen molar-refractivity contribution in [2.45, 2.75) is 39.3 Å². The van der Waals surface area contributed by atoms with Gasteiger partial charge in [0.1, 0.15) is 0 Å². The molecule has 1 fully saturated rings. The van der Waals surface area contributed by atoms with Gasteiger partial charge in [0, 0.05) is 31.9 Å². The van der Waals surface area contributed by atoms with Crippen molar-refractivity contribution in [3.05, 3.63) is 11.9 Å². The third-order valence-corrected chi connectivity index (χ3v) is 2.96. The molecule has 0 amide bonds. The SMILES string of the molecule is CCn1cc(C)nc1N1CCCC(N)C1. The Kier molecular flexibility index (Phi) is 2.95. The Labute approximate surface area is 91.1 Å². The zero-order valence-corrected chi connectivity index (χ0v) is 9.61. The lowest BCUT2D eigenvalue weighted by Gasteiger charge is -2.31. The van der Waals surface area contributed by atoms with Crippen LogP contribution in [0.3, 0.4) is 0 Å². The van der Waals surface area contributed by atoms with E-state index in [0.29, 0.717) is 6.04 Å². The first-order valence-corrected chi connectivity index (χ1v) is 5.75. The number of nitrogens with zero attached hydrogens (tertiary/aromatic N) is 3. The van der Waals surface area contributed by atoms with Gasteiger partial charge in [0.05, 0.1) is 5.69 Å². The summed E-state index contributed by atoms with van der Waals surface area (Å²) in [6.07, 6.45) is 4.43. The summed E-state index contributed by atoms with van der Waals surface area (Å²) in [5.41, 5.74) is 7.07. The van der Waals surface area contributed by atoms with E-state index in [4.69, 9.17) is 5.73 Å². The van der Waals surface area contributed by atoms with E-state index in [9.17, 15) is 0 Å². The highest BCUT2D eigenvalue weighted by Crippen LogP contribution is 2.18. The number of imidazole rings is 1. The molecule has 4 heteroatoms. The maximum atomic E-state index is 5.98. The number of nitrogens with two attached hydrogens (primary N) is 1. The van der Waals surface area contributed by atoms with Crippen LogP contribution < -0.4 is 10.6 Å². The molecule has 2 rings (SSSR count). The number of hydrogen-bond donors (Lipinski definition) is 1. The lowest BCUT2D eigenvalue weighted by atomic mass is 10.1. The minimum Gasteiger partial charge on any atom is -0.341 e. The summed E-state index contributed by atoms with van der Waals surface area (Å²) in [6.45, 7) is 7.19. The van der Waals surface area contributed by atoms with E-state index >= 15 is 0 Å². The predicted octanol–water partition coefficient (Wildman–Crippen LogP) is 1.14. The molecule has 1 aromatic heterocycles. The molecule has 15 heavy (non-hydrogen) atoms. The standard InChI is InChI=1S/C11H20N4/c1-3-14-7-9(2)13-11(14)15-6-4-5-10(12)8-15/h7,10H,3-6,8,12H2,1-2H3. The third-order valence-electron chi connectivity index (χ3n) is 2.96. The fourth-order valence-corrected chi connectivity index (χ4v) is 2.21. The second kappa shape index (κ2) is 4.23. The third kappa shape index (κ3) is 2.15. The number of aromatic nitrogens is 2. The predicted molar refractivity (Wildman–Crippen MR) is 62.1 cm³/mol. The van der Waals surface area contributed by atoms with Crippen molar-refractivity contribution in [2.24, 2.45) is 5.73 Å². The summed E-state index contributed by atoms with van der Waals surface area (Å²) in [4.78, 5) is 6.88. The second-order valence-electron chi connectivity index (χ2n) is 4.32. The first kappa shape index (κ1) is 10.5. The van der Waals surface area contributed by atoms with Crippen LogP contribution in [0.5, 0.6) is 0 Å². The van der Waals surface area contributed by atoms with Crippen molar-refractivity contribution in [1.82, 2.24) is 9.55 Å². The van der Waals surface area contributed by atoms with Crippen molar-refractivity contribution in [2.75, 3.05) is 18.0 Å². The largest absolute Gasteiger partial charge is 0.341 e. The first-order valence-electron chi connectivity index (χ1n) is 5.75. The van der Waals surface area contributed by atoms with Crippen LogP contribution in [0.15, 0.2) is 6.20 Å². The van der Waals surface area contributed by atoms with Crippen LogP contribution >= 0.6 is 0 Å². The van der Waals surface area contributed by atoms with Crippen molar-refractivity contribution < 1.29 is 0 Å². The molecule has 84 valence electrons. The lowest BCUT2D eigenvalue weighted by molar-refractivity contribution is 0.493. The molecule has 2 N–H and O–H groups in total. The van der Waals surface area contributed by atoms with Gasteiger partial charge in [-0.3, -0.25) is 0 Å². The fraction of sp³-hybridized carbons (Fsp3) is 0.727. The topological polar surface area (TPSA) is 47.1 Å². The molecule has 0 aliphatic carbocycles. The average molecular weight is 208 g/mol. The highest BCUT2D eigenvalue weighted by molar-refractivity contribution is 5.34. The van der Waals surface area contributed by atoms with Crippen LogP contribution in [0, 0.1) is 6.92 Å². The van der Waals surface area contributed by atoms with E-state index in [1.165, 1.54) is 6.42 Å². The number of aryl methyl sites for hydroxylation is 2. The smallest absolute Gasteiger partial charge is 0.205 e. The van der Waals surface area contributed by atoms with Gasteiger partial charge in [-0.25, -0.2) is 4.98 Å². The molecule has 1 aliphatic heterocycles. The quantitative estimate of drug-likeness (QED) is 0.792. The molecule has 1 aliphatic rings. The van der Waals surface area contributed by atoms with E-state index in [2.05, 4.69) is 27.6 Å². The molecule has 2 heterocycles. The van der Waals surface area contributed by atoms with Gasteiger partial charge in [0.25, 0.3) is 0 Å². The number of rotatable bonds is 2. The molecule has 1 saturated heterocycles. The van der Waals surface area contributed by atoms with Crippen LogP contribution in [0.25, 0.3) is 0 Å². The highest BCUT2D eigenvalue weighted by Gasteiger charge is 2.20. The van der Waals surface area contributed by atoms with Crippen LogP contribution in [-0.4, -0.2) is 28.7 Å². The van der Waals surface area contributed by atoms with Crippen LogP contribution in [0.1, 0.15) is 25.5 Å². The zero-order chi connectivity index (χ0) is 10.8. The van der Waals surface area contributed by atoms with Gasteiger partial charge in [0.2, 0.25) is 5.95 Å². The Morgan fingerprint density at radius 1 is 1.60 bits per heavy atom. The molecule has 1 atom stereocenters. The van der Waals surface area contributed by atoms with E-state index in [0.717, 1.165) is 37.7 Å². The minimum atomic E-state index is 0.307. The van der Waals surface area contributed by atoms with Crippen molar-refractivity contribution in [1.29, 1.82) is 0 Å². The molecule has 1 aromatic rings. The summed E-state index contributed by atoms with van der Waals surface area (Å²) in [7, 11) is 0. The number of piperidine rings is 1. The van der Waals surface area contributed by atoms with Crippen molar-refractivity contribution >= 4 is 5.95 Å². The maximum absolute atomic E-state index is 5.98. The molecule has 0 bridgehead atoms. The molecule has 0 spiro atoms. The summed E-state index contributed by atoms with van der Waals surface area (Å²) in [6, 6.07) is 0.307. The van der Waals surface area contributed by atoms with Gasteiger partial charge in [-0.05, 0) is 26.7 Å². The molecule has 0 aromatic carbocycles. The second-order valence-corrected chi connectivity index (χ2v) is 4.32. The number of anilines is 1. The van der Waals surface area contributed by atoms with E-state index < -0.39 is 0 Å². The Bertz CT molecular complexity index is 331. The molecule has 4 nitrogen and oxygen atoms in total. The fourth-order valence-electron chi connectivity index (χ4n) is 2.21. The summed E-state index contributed by atoms with van der Waals surface area (Å²) >= 11 is 0. The van der Waals surface area contributed by atoms with E-state index in [-0.39, 0.29) is 0 Å². The average Bonchev–Trinajstić information content (AvgIpc) is 2.59. The Balaban J connectivity index is 2.19. The molecular weight excluding hydrogens is 188 g/mol. The highest BCUT2D eigenvalue weighted by atomic mass is 15.3. The van der Waals surface area contributed by atoms with Crippen molar-refractivity contribution in [3.63, 3.8) is 0 Å².